The molecule has 7 heteroatoms. The molecule has 2 aliphatic rings. The van der Waals surface area contributed by atoms with E-state index >= 15 is 0 Å². The van der Waals surface area contributed by atoms with Crippen molar-refractivity contribution in [2.45, 2.75) is 12.8 Å². The minimum Gasteiger partial charge on any atom is -0.490 e. The van der Waals surface area contributed by atoms with E-state index < -0.39 is 5.82 Å². The highest BCUT2D eigenvalue weighted by Crippen LogP contribution is 2.29. The summed E-state index contributed by atoms with van der Waals surface area (Å²) in [7, 11) is 0. The first-order valence-corrected chi connectivity index (χ1v) is 11.3. The number of benzene rings is 3. The molecule has 3 aromatic rings. The molecule has 0 unspecified atom stereocenters. The second-order valence-corrected chi connectivity index (χ2v) is 8.46. The fraction of sp³-hybridized carbons (Fsp3) is 0.308. The maximum absolute atomic E-state index is 14.1. The zero-order chi connectivity index (χ0) is 22.8. The van der Waals surface area contributed by atoms with Gasteiger partial charge in [-0.15, -0.1) is 0 Å². The van der Waals surface area contributed by atoms with Crippen molar-refractivity contribution in [2.24, 2.45) is 4.99 Å². The maximum Gasteiger partial charge on any atom is 0.277 e. The summed E-state index contributed by atoms with van der Waals surface area (Å²) < 4.78 is 33.5. The number of rotatable bonds is 7. The Labute approximate surface area is 191 Å². The Bertz CT molecular complexity index is 1220. The van der Waals surface area contributed by atoms with Gasteiger partial charge >= 0.3 is 0 Å². The molecule has 170 valence electrons. The molecular formula is C26H25F2N3O2. The van der Waals surface area contributed by atoms with Gasteiger partial charge in [-0.05, 0) is 55.1 Å². The first-order valence-electron chi connectivity index (χ1n) is 11.3. The molecule has 0 aliphatic carbocycles. The van der Waals surface area contributed by atoms with Crippen molar-refractivity contribution >= 4 is 28.6 Å². The predicted octanol–water partition coefficient (Wildman–Crippen LogP) is 4.67. The lowest BCUT2D eigenvalue weighted by molar-refractivity contribution is 0.101. The summed E-state index contributed by atoms with van der Waals surface area (Å²) in [4.78, 5) is 20.1. The van der Waals surface area contributed by atoms with E-state index in [1.165, 1.54) is 24.4 Å². The molecule has 0 aromatic heterocycles. The predicted molar refractivity (Wildman–Crippen MR) is 126 cm³/mol. The number of carbonyl (C=O) groups excluding carboxylic acids is 1. The van der Waals surface area contributed by atoms with Gasteiger partial charge in [-0.2, -0.15) is 0 Å². The number of aliphatic imine (C=N–C) groups is 1. The minimum atomic E-state index is -0.473. The van der Waals surface area contributed by atoms with Crippen LogP contribution in [0.25, 0.3) is 10.8 Å². The van der Waals surface area contributed by atoms with Crippen molar-refractivity contribution in [1.29, 1.82) is 0 Å². The highest BCUT2D eigenvalue weighted by molar-refractivity contribution is 6.13. The third-order valence-corrected chi connectivity index (χ3v) is 6.32. The standard InChI is InChI=1S/C26H25F2N3O2/c27-20-7-6-18-4-3-5-24(21(18)15-20)31-11-9-30(10-12-31)8-1-2-13-33-25-16-22-19(14-23(25)28)17-29-26(22)32/h3-7,14-17H,1-2,8-13H2. The summed E-state index contributed by atoms with van der Waals surface area (Å²) in [6.45, 7) is 5.00. The number of carbonyl (C=O) groups is 1. The molecule has 0 saturated carbocycles. The van der Waals surface area contributed by atoms with Crippen molar-refractivity contribution in [3.63, 3.8) is 0 Å². The molecule has 5 nitrogen and oxygen atoms in total. The van der Waals surface area contributed by atoms with Crippen LogP contribution in [0, 0.1) is 11.6 Å². The van der Waals surface area contributed by atoms with Crippen molar-refractivity contribution < 1.29 is 18.3 Å². The Morgan fingerprint density at radius 2 is 1.82 bits per heavy atom. The van der Waals surface area contributed by atoms with Crippen LogP contribution in [0.3, 0.4) is 0 Å². The molecule has 0 N–H and O–H groups in total. The topological polar surface area (TPSA) is 45.1 Å². The van der Waals surface area contributed by atoms with E-state index in [0.29, 0.717) is 17.7 Å². The molecule has 1 amide bonds. The second kappa shape index (κ2) is 9.27. The molecule has 2 heterocycles. The fourth-order valence-electron chi connectivity index (χ4n) is 4.51. The highest BCUT2D eigenvalue weighted by atomic mass is 19.1. The van der Waals surface area contributed by atoms with E-state index in [1.807, 2.05) is 18.2 Å². The van der Waals surface area contributed by atoms with Gasteiger partial charge < -0.3 is 9.64 Å². The molecule has 0 spiro atoms. The molecule has 0 atom stereocenters. The zero-order valence-corrected chi connectivity index (χ0v) is 18.3. The van der Waals surface area contributed by atoms with E-state index in [0.717, 1.165) is 62.0 Å². The summed E-state index contributed by atoms with van der Waals surface area (Å²) in [5.74, 6) is -0.940. The lowest BCUT2D eigenvalue weighted by Gasteiger charge is -2.36. The minimum absolute atomic E-state index is 0.104. The Hall–Kier alpha value is -3.32. The van der Waals surface area contributed by atoms with Crippen LogP contribution in [0.5, 0.6) is 5.75 Å². The van der Waals surface area contributed by atoms with Gasteiger partial charge in [-0.3, -0.25) is 9.69 Å². The molecule has 3 aromatic carbocycles. The number of anilines is 1. The zero-order valence-electron chi connectivity index (χ0n) is 18.3. The number of amides is 1. The highest BCUT2D eigenvalue weighted by Gasteiger charge is 2.20. The first-order chi connectivity index (χ1) is 16.1. The fourth-order valence-corrected chi connectivity index (χ4v) is 4.51. The van der Waals surface area contributed by atoms with E-state index in [-0.39, 0.29) is 17.5 Å². The Morgan fingerprint density at radius 1 is 0.970 bits per heavy atom. The normalized spacial score (nSPS) is 15.9. The van der Waals surface area contributed by atoms with Gasteiger partial charge in [0.05, 0.1) is 12.2 Å². The lowest BCUT2D eigenvalue weighted by atomic mass is 10.1. The maximum atomic E-state index is 14.1. The van der Waals surface area contributed by atoms with Crippen LogP contribution in [-0.2, 0) is 0 Å². The third kappa shape index (κ3) is 4.59. The number of nitrogens with zero attached hydrogens (tertiary/aromatic N) is 3. The van der Waals surface area contributed by atoms with Gasteiger partial charge in [-0.25, -0.2) is 13.8 Å². The van der Waals surface area contributed by atoms with Gasteiger partial charge in [0.2, 0.25) is 0 Å². The number of hydrogen-bond acceptors (Lipinski definition) is 4. The van der Waals surface area contributed by atoms with E-state index in [1.54, 1.807) is 6.07 Å². The van der Waals surface area contributed by atoms with E-state index in [4.69, 9.17) is 4.74 Å². The molecule has 0 radical (unpaired) electrons. The Balaban J connectivity index is 1.08. The quantitative estimate of drug-likeness (QED) is 0.492. The van der Waals surface area contributed by atoms with Crippen molar-refractivity contribution in [3.05, 3.63) is 71.3 Å². The van der Waals surface area contributed by atoms with E-state index in [2.05, 4.69) is 20.9 Å². The number of piperazine rings is 1. The average molecular weight is 450 g/mol. The van der Waals surface area contributed by atoms with Gasteiger partial charge in [0.15, 0.2) is 11.6 Å². The summed E-state index contributed by atoms with van der Waals surface area (Å²) in [6.07, 6.45) is 3.11. The van der Waals surface area contributed by atoms with E-state index in [9.17, 15) is 13.6 Å². The van der Waals surface area contributed by atoms with Gasteiger partial charge in [0.25, 0.3) is 5.91 Å². The summed E-state index contributed by atoms with van der Waals surface area (Å²) >= 11 is 0. The summed E-state index contributed by atoms with van der Waals surface area (Å²) in [6, 6.07) is 13.8. The van der Waals surface area contributed by atoms with Gasteiger partial charge in [0.1, 0.15) is 5.82 Å². The molecule has 1 fully saturated rings. The van der Waals surface area contributed by atoms with Gasteiger partial charge in [-0.1, -0.05) is 18.2 Å². The van der Waals surface area contributed by atoms with Crippen LogP contribution in [0.15, 0.2) is 53.5 Å². The summed E-state index contributed by atoms with van der Waals surface area (Å²) in [5.41, 5.74) is 1.97. The SMILES string of the molecule is O=C1N=Cc2cc(F)c(OCCCCN3CCN(c4cccc5ccc(F)cc45)CC3)cc21. The first kappa shape index (κ1) is 21.5. The van der Waals surface area contributed by atoms with Crippen LogP contribution in [-0.4, -0.2) is 56.4 Å². The molecule has 1 saturated heterocycles. The monoisotopic (exact) mass is 449 g/mol. The van der Waals surface area contributed by atoms with Crippen molar-refractivity contribution in [2.75, 3.05) is 44.2 Å². The number of hydrogen-bond donors (Lipinski definition) is 0. The molecule has 5 rings (SSSR count). The van der Waals surface area contributed by atoms with Crippen LogP contribution in [0.4, 0.5) is 14.5 Å². The number of halogens is 2. The Morgan fingerprint density at radius 3 is 2.67 bits per heavy atom. The molecule has 0 bridgehead atoms. The molecular weight excluding hydrogens is 424 g/mol. The van der Waals surface area contributed by atoms with Crippen molar-refractivity contribution in [1.82, 2.24) is 4.90 Å². The Kier molecular flexibility index (Phi) is 6.05. The van der Waals surface area contributed by atoms with Crippen LogP contribution >= 0.6 is 0 Å². The average Bonchev–Trinajstić information content (AvgIpc) is 3.18. The number of ether oxygens (including phenoxy) is 1. The molecule has 2 aliphatic heterocycles. The van der Waals surface area contributed by atoms with Crippen molar-refractivity contribution in [3.8, 4) is 5.75 Å². The largest absolute Gasteiger partial charge is 0.490 e. The van der Waals surface area contributed by atoms with Crippen LogP contribution in [0.1, 0.15) is 28.8 Å². The summed E-state index contributed by atoms with van der Waals surface area (Å²) in [5, 5.41) is 2.00. The second-order valence-electron chi connectivity index (χ2n) is 8.46. The molecule has 33 heavy (non-hydrogen) atoms. The third-order valence-electron chi connectivity index (χ3n) is 6.32. The number of unbranched alkanes of at least 4 members (excludes halogenated alkanes) is 1. The number of fused-ring (bicyclic) bond motifs is 2. The lowest BCUT2D eigenvalue weighted by Crippen LogP contribution is -2.46. The van der Waals surface area contributed by atoms with Gasteiger partial charge in [0, 0.05) is 49.0 Å². The smallest absolute Gasteiger partial charge is 0.277 e. The van der Waals surface area contributed by atoms with Crippen LogP contribution < -0.4 is 9.64 Å². The van der Waals surface area contributed by atoms with Crippen LogP contribution in [0.2, 0.25) is 0 Å².